The molecular weight excluding hydrogens is 282 g/mol. The smallest absolute Gasteiger partial charge is 0.311 e. The zero-order chi connectivity index (χ0) is 16.3. The first kappa shape index (κ1) is 15.8. The van der Waals surface area contributed by atoms with Crippen molar-refractivity contribution >= 4 is 11.9 Å². The van der Waals surface area contributed by atoms with Crippen LogP contribution in [0.25, 0.3) is 5.69 Å². The maximum absolute atomic E-state index is 11.9. The van der Waals surface area contributed by atoms with Crippen LogP contribution in [0.15, 0.2) is 30.3 Å². The Morgan fingerprint density at radius 3 is 2.50 bits per heavy atom. The lowest BCUT2D eigenvalue weighted by Crippen LogP contribution is -2.31. The molecule has 1 amide bonds. The van der Waals surface area contributed by atoms with Gasteiger partial charge in [0.15, 0.2) is 6.10 Å². The quantitative estimate of drug-likeness (QED) is 0.847. The van der Waals surface area contributed by atoms with Gasteiger partial charge in [0.05, 0.1) is 17.8 Å². The number of rotatable bonds is 5. The summed E-state index contributed by atoms with van der Waals surface area (Å²) in [6.45, 7) is 5.19. The maximum atomic E-state index is 11.9. The van der Waals surface area contributed by atoms with Gasteiger partial charge >= 0.3 is 5.97 Å². The summed E-state index contributed by atoms with van der Waals surface area (Å²) in [5.74, 6) is -1.16. The molecule has 0 saturated heterocycles. The van der Waals surface area contributed by atoms with Gasteiger partial charge in [-0.1, -0.05) is 18.2 Å². The van der Waals surface area contributed by atoms with Crippen LogP contribution in [0.3, 0.4) is 0 Å². The van der Waals surface area contributed by atoms with Gasteiger partial charge in [0.2, 0.25) is 0 Å². The third-order valence-electron chi connectivity index (χ3n) is 3.47. The number of primary amides is 1. The molecule has 2 rings (SSSR count). The molecule has 0 unspecified atom stereocenters. The van der Waals surface area contributed by atoms with Crippen LogP contribution in [0.5, 0.6) is 0 Å². The molecule has 0 aliphatic rings. The van der Waals surface area contributed by atoms with Crippen LogP contribution in [-0.2, 0) is 20.7 Å². The lowest BCUT2D eigenvalue weighted by molar-refractivity contribution is -0.153. The van der Waals surface area contributed by atoms with Crippen molar-refractivity contribution in [3.63, 3.8) is 0 Å². The van der Waals surface area contributed by atoms with E-state index in [9.17, 15) is 9.59 Å². The first-order chi connectivity index (χ1) is 10.4. The van der Waals surface area contributed by atoms with Crippen LogP contribution in [0.2, 0.25) is 0 Å². The Bertz CT molecular complexity index is 692. The number of carbonyl (C=O) groups is 2. The number of hydrogen-bond donors (Lipinski definition) is 1. The lowest BCUT2D eigenvalue weighted by Gasteiger charge is -2.10. The molecule has 2 N–H and O–H groups in total. The van der Waals surface area contributed by atoms with Crippen molar-refractivity contribution in [3.8, 4) is 5.69 Å². The van der Waals surface area contributed by atoms with Gasteiger partial charge in [-0.3, -0.25) is 9.59 Å². The molecule has 0 aliphatic heterocycles. The summed E-state index contributed by atoms with van der Waals surface area (Å²) in [5.41, 5.74) is 8.43. The summed E-state index contributed by atoms with van der Waals surface area (Å²) < 4.78 is 6.78. The summed E-state index contributed by atoms with van der Waals surface area (Å²) >= 11 is 0. The summed E-state index contributed by atoms with van der Waals surface area (Å²) in [5, 5.41) is 4.46. The lowest BCUT2D eigenvalue weighted by atomic mass is 10.1. The number of hydrogen-bond acceptors (Lipinski definition) is 4. The van der Waals surface area contributed by atoms with Gasteiger partial charge in [0.25, 0.3) is 5.91 Å². The predicted octanol–water partition coefficient (Wildman–Crippen LogP) is 1.45. The zero-order valence-corrected chi connectivity index (χ0v) is 12.9. The largest absolute Gasteiger partial charge is 0.452 e. The summed E-state index contributed by atoms with van der Waals surface area (Å²) in [4.78, 5) is 22.8. The van der Waals surface area contributed by atoms with Crippen LogP contribution < -0.4 is 5.73 Å². The van der Waals surface area contributed by atoms with Crippen LogP contribution >= 0.6 is 0 Å². The van der Waals surface area contributed by atoms with Crippen molar-refractivity contribution in [1.82, 2.24) is 9.78 Å². The molecule has 6 heteroatoms. The molecule has 0 bridgehead atoms. The van der Waals surface area contributed by atoms with Gasteiger partial charge in [-0.05, 0) is 32.9 Å². The molecular formula is C16H19N3O3. The molecule has 0 fully saturated rings. The van der Waals surface area contributed by atoms with E-state index >= 15 is 0 Å². The Labute approximate surface area is 128 Å². The molecule has 116 valence electrons. The molecule has 6 nitrogen and oxygen atoms in total. The summed E-state index contributed by atoms with van der Waals surface area (Å²) in [6, 6.07) is 9.66. The fourth-order valence-electron chi connectivity index (χ4n) is 2.19. The highest BCUT2D eigenvalue weighted by Crippen LogP contribution is 2.18. The highest BCUT2D eigenvalue weighted by Gasteiger charge is 2.19. The first-order valence-electron chi connectivity index (χ1n) is 6.99. The van der Waals surface area contributed by atoms with Crippen molar-refractivity contribution < 1.29 is 14.3 Å². The van der Waals surface area contributed by atoms with Crippen molar-refractivity contribution in [2.75, 3.05) is 0 Å². The Kier molecular flexibility index (Phi) is 4.60. The molecule has 1 heterocycles. The molecule has 0 aliphatic carbocycles. The molecule has 0 spiro atoms. The van der Waals surface area contributed by atoms with Crippen molar-refractivity contribution in [2.24, 2.45) is 5.73 Å². The van der Waals surface area contributed by atoms with Gasteiger partial charge in [-0.2, -0.15) is 5.10 Å². The second kappa shape index (κ2) is 6.43. The van der Waals surface area contributed by atoms with Crippen LogP contribution in [0, 0.1) is 13.8 Å². The number of esters is 1. The molecule has 2 aromatic rings. The first-order valence-corrected chi connectivity index (χ1v) is 6.99. The zero-order valence-electron chi connectivity index (χ0n) is 12.9. The minimum absolute atomic E-state index is 0.0577. The van der Waals surface area contributed by atoms with Gasteiger partial charge in [0, 0.05) is 11.3 Å². The minimum Gasteiger partial charge on any atom is -0.452 e. The fourth-order valence-corrected chi connectivity index (χ4v) is 2.19. The van der Waals surface area contributed by atoms with E-state index in [0.717, 1.165) is 22.6 Å². The van der Waals surface area contributed by atoms with Gasteiger partial charge in [0.1, 0.15) is 0 Å². The molecule has 0 saturated carbocycles. The van der Waals surface area contributed by atoms with Crippen LogP contribution in [0.1, 0.15) is 23.9 Å². The number of aromatic nitrogens is 2. The third kappa shape index (κ3) is 3.33. The van der Waals surface area contributed by atoms with Gasteiger partial charge in [-0.25, -0.2) is 4.68 Å². The van der Waals surface area contributed by atoms with Crippen LogP contribution in [-0.4, -0.2) is 27.8 Å². The Morgan fingerprint density at radius 1 is 1.27 bits per heavy atom. The average Bonchev–Trinajstić information content (AvgIpc) is 2.76. The molecule has 1 aromatic carbocycles. The highest BCUT2D eigenvalue weighted by molar-refractivity contribution is 5.82. The van der Waals surface area contributed by atoms with E-state index in [1.807, 2.05) is 44.2 Å². The van der Waals surface area contributed by atoms with E-state index in [1.165, 1.54) is 6.92 Å². The number of para-hydroxylation sites is 1. The normalized spacial score (nSPS) is 12.0. The standard InChI is InChI=1S/C16H19N3O3/c1-10-14(9-15(20)22-12(3)16(17)21)11(2)19(18-10)13-7-5-4-6-8-13/h4-8,12H,9H2,1-3H3,(H2,17,21)/t12-/m1/s1. The van der Waals surface area contributed by atoms with Crippen molar-refractivity contribution in [1.29, 1.82) is 0 Å². The number of amides is 1. The SMILES string of the molecule is Cc1nn(-c2ccccc2)c(C)c1CC(=O)O[C@H](C)C(N)=O. The van der Waals surface area contributed by atoms with Crippen molar-refractivity contribution in [2.45, 2.75) is 33.3 Å². The monoisotopic (exact) mass is 301 g/mol. The number of ether oxygens (including phenoxy) is 1. The molecule has 1 aromatic heterocycles. The van der Waals surface area contributed by atoms with E-state index in [4.69, 9.17) is 10.5 Å². The number of nitrogens with zero attached hydrogens (tertiary/aromatic N) is 2. The Morgan fingerprint density at radius 2 is 1.91 bits per heavy atom. The maximum Gasteiger partial charge on any atom is 0.311 e. The van der Waals surface area contributed by atoms with Gasteiger partial charge < -0.3 is 10.5 Å². The predicted molar refractivity (Wildman–Crippen MR) is 81.5 cm³/mol. The Balaban J connectivity index is 2.21. The number of nitrogens with two attached hydrogens (primary N) is 1. The van der Waals surface area contributed by atoms with E-state index in [2.05, 4.69) is 5.10 Å². The van der Waals surface area contributed by atoms with E-state index in [0.29, 0.717) is 0 Å². The molecule has 1 atom stereocenters. The van der Waals surface area contributed by atoms with E-state index in [1.54, 1.807) is 4.68 Å². The summed E-state index contributed by atoms with van der Waals surface area (Å²) in [6.07, 6.45) is -0.875. The third-order valence-corrected chi connectivity index (χ3v) is 3.47. The number of aryl methyl sites for hydroxylation is 1. The molecule has 0 radical (unpaired) electrons. The van der Waals surface area contributed by atoms with E-state index < -0.39 is 18.0 Å². The average molecular weight is 301 g/mol. The second-order valence-corrected chi connectivity index (χ2v) is 5.11. The second-order valence-electron chi connectivity index (χ2n) is 5.11. The highest BCUT2D eigenvalue weighted by atomic mass is 16.5. The Hall–Kier alpha value is -2.63. The number of carbonyl (C=O) groups excluding carboxylic acids is 2. The summed E-state index contributed by atoms with van der Waals surface area (Å²) in [7, 11) is 0. The van der Waals surface area contributed by atoms with Crippen LogP contribution in [0.4, 0.5) is 0 Å². The minimum atomic E-state index is -0.933. The molecule has 22 heavy (non-hydrogen) atoms. The number of benzene rings is 1. The van der Waals surface area contributed by atoms with E-state index in [-0.39, 0.29) is 6.42 Å². The topological polar surface area (TPSA) is 87.2 Å². The van der Waals surface area contributed by atoms with Gasteiger partial charge in [-0.15, -0.1) is 0 Å². The van der Waals surface area contributed by atoms with Crippen molar-refractivity contribution in [3.05, 3.63) is 47.3 Å². The fraction of sp³-hybridized carbons (Fsp3) is 0.312.